The summed E-state index contributed by atoms with van der Waals surface area (Å²) in [5.41, 5.74) is 25.3. The molecule has 0 bridgehead atoms. The van der Waals surface area contributed by atoms with E-state index in [0.29, 0.717) is 21.5 Å². The van der Waals surface area contributed by atoms with E-state index in [1.807, 2.05) is 0 Å². The van der Waals surface area contributed by atoms with Crippen molar-refractivity contribution in [3.05, 3.63) is 351 Å². The zero-order valence-electron chi connectivity index (χ0n) is 68.5. The fraction of sp³-hybridized carbons (Fsp3) is 0.158. The van der Waals surface area contributed by atoms with Gasteiger partial charge in [-0.1, -0.05) is 115 Å². The van der Waals surface area contributed by atoms with Gasteiger partial charge in [0.15, 0.2) is 0 Å². The lowest BCUT2D eigenvalue weighted by molar-refractivity contribution is -0.646. The van der Waals surface area contributed by atoms with Crippen molar-refractivity contribution in [3.8, 4) is 28.6 Å². The van der Waals surface area contributed by atoms with Crippen LogP contribution in [0.4, 0.5) is 17.1 Å². The highest BCUT2D eigenvalue weighted by Gasteiger charge is 2.21. The summed E-state index contributed by atoms with van der Waals surface area (Å²) in [6.07, 6.45) is 13.1. The molecule has 6 heterocycles. The molecule has 16 aromatic rings. The van der Waals surface area contributed by atoms with Gasteiger partial charge in [-0.2, -0.15) is 13.7 Å². The number of carboxylic acid groups (broad SMARTS) is 2. The summed E-state index contributed by atoms with van der Waals surface area (Å²) in [7, 11) is 18.8. The third-order valence-electron chi connectivity index (χ3n) is 21.9. The van der Waals surface area contributed by atoms with Gasteiger partial charge >= 0.3 is 11.9 Å². The second kappa shape index (κ2) is 34.5. The van der Waals surface area contributed by atoms with Gasteiger partial charge < -0.3 is 48.8 Å². The zero-order valence-corrected chi connectivity index (χ0v) is 68.5. The fourth-order valence-electron chi connectivity index (χ4n) is 15.5. The molecule has 10 aromatic carbocycles. The lowest BCUT2D eigenvalue weighted by atomic mass is 9.90. The molecule has 0 fully saturated rings. The van der Waals surface area contributed by atoms with Crippen molar-refractivity contribution in [2.45, 2.75) is 48.0 Å². The van der Waals surface area contributed by atoms with Crippen LogP contribution in [-0.2, 0) is 27.6 Å². The Hall–Kier alpha value is -14.1. The molecule has 0 aliphatic rings. The van der Waals surface area contributed by atoms with E-state index in [1.165, 1.54) is 147 Å². The molecular formula is C101H98N9O6+. The Morgan fingerprint density at radius 3 is 0.888 bits per heavy atom. The summed E-state index contributed by atoms with van der Waals surface area (Å²) in [5, 5.41) is 50.6. The predicted molar refractivity (Wildman–Crippen MR) is 474 cm³/mol. The monoisotopic (exact) mass is 1530 g/mol. The van der Waals surface area contributed by atoms with E-state index in [4.69, 9.17) is 0 Å². The molecule has 15 heteroatoms. The number of carbonyl (C=O) groups is 2. The summed E-state index contributed by atoms with van der Waals surface area (Å²) in [5.74, 6) is -4.07. The molecule has 582 valence electrons. The smallest absolute Gasteiger partial charge is 0.335 e. The molecule has 0 spiro atoms. The van der Waals surface area contributed by atoms with Crippen LogP contribution in [0.2, 0.25) is 0 Å². The van der Waals surface area contributed by atoms with Crippen LogP contribution in [0.5, 0.6) is 11.5 Å². The number of pyridine rings is 3. The first kappa shape index (κ1) is 80.0. The van der Waals surface area contributed by atoms with Crippen LogP contribution < -0.4 is 38.6 Å². The van der Waals surface area contributed by atoms with Crippen LogP contribution in [0, 0.1) is 41.5 Å². The van der Waals surface area contributed by atoms with E-state index in [9.17, 15) is 30.0 Å². The van der Waals surface area contributed by atoms with E-state index in [-0.39, 0.29) is 28.7 Å². The molecule has 0 aliphatic heterocycles. The minimum absolute atomic E-state index is 0.158. The van der Waals surface area contributed by atoms with Gasteiger partial charge in [-0.15, -0.1) is 0 Å². The minimum atomic E-state index is -1.35. The molecule has 0 radical (unpaired) electrons. The predicted octanol–water partition coefficient (Wildman–Crippen LogP) is 19.1. The average molecular weight is 1530 g/mol. The molecule has 15 nitrogen and oxygen atoms in total. The van der Waals surface area contributed by atoms with E-state index in [1.54, 1.807) is 48.5 Å². The highest BCUT2D eigenvalue weighted by atomic mass is 16.4. The number of fused-ring (bicyclic) bond motifs is 5. The van der Waals surface area contributed by atoms with Crippen LogP contribution in [0.15, 0.2) is 261 Å². The van der Waals surface area contributed by atoms with Crippen LogP contribution >= 0.6 is 0 Å². The minimum Gasteiger partial charge on any atom is -0.872 e. The number of benzene rings is 10. The number of aromatic carboxylic acids is 2. The van der Waals surface area contributed by atoms with Gasteiger partial charge in [0.25, 0.3) is 0 Å². The number of anilines is 3. The van der Waals surface area contributed by atoms with Gasteiger partial charge in [0.05, 0.1) is 11.1 Å². The maximum Gasteiger partial charge on any atom is 0.335 e. The van der Waals surface area contributed by atoms with Gasteiger partial charge in [-0.25, -0.2) is 9.59 Å². The number of aryl methyl sites for hydroxylation is 6. The lowest BCUT2D eigenvalue weighted by Gasteiger charge is -2.24. The summed E-state index contributed by atoms with van der Waals surface area (Å²) in [6, 6.07) is 87.6. The average Bonchev–Trinajstić information content (AvgIpc) is 1.18. The summed E-state index contributed by atoms with van der Waals surface area (Å²) in [4.78, 5) is 29.5. The van der Waals surface area contributed by atoms with Gasteiger partial charge in [0.2, 0.25) is 33.6 Å². The largest absolute Gasteiger partial charge is 0.872 e. The van der Waals surface area contributed by atoms with Crippen molar-refractivity contribution in [1.29, 1.82) is 0 Å². The molecule has 0 amide bonds. The van der Waals surface area contributed by atoms with Gasteiger partial charge in [0.1, 0.15) is 21.1 Å². The first-order valence-corrected chi connectivity index (χ1v) is 38.7. The van der Waals surface area contributed by atoms with E-state index in [0.717, 1.165) is 0 Å². The third kappa shape index (κ3) is 16.9. The number of para-hydroxylation sites is 3. The fourth-order valence-corrected chi connectivity index (χ4v) is 15.5. The molecule has 116 heavy (non-hydrogen) atoms. The summed E-state index contributed by atoms with van der Waals surface area (Å²) in [6.45, 7) is 13.0. The van der Waals surface area contributed by atoms with Crippen molar-refractivity contribution < 1.29 is 43.7 Å². The van der Waals surface area contributed by atoms with Gasteiger partial charge in [-0.05, 0) is 237 Å². The van der Waals surface area contributed by atoms with Crippen LogP contribution in [0.1, 0.15) is 99.8 Å². The number of aromatic nitrogens is 6. The number of hydrogen-bond donors (Lipinski definition) is 2. The summed E-state index contributed by atoms with van der Waals surface area (Å²) >= 11 is 0. The normalized spacial score (nSPS) is 11.4. The third-order valence-corrected chi connectivity index (χ3v) is 21.9. The standard InChI is InChI=1S/3C26H28N3.C23H16O6/c3*1-19-17-21(20(2)29(19)24-9-7-6-8-10-24)11-13-23-14-12-22-18-25(27(3)4)15-16-26(22)28(23)5;24-20-16(14-7-3-1-5-12(14)9-18(20)22(26)27)11-17-15-8-4-2-6-13(15)10-19(21(17)25)23(28)29/h3*6-18H,1-5H3;1-10,24-25H,11H2,(H,26,27)(H,28,29)/q3*+1;/p-2. The lowest BCUT2D eigenvalue weighted by Crippen LogP contribution is -2.32. The number of nitrogens with zero attached hydrogens (tertiary/aromatic N) is 9. The summed E-state index contributed by atoms with van der Waals surface area (Å²) < 4.78 is 13.7. The second-order valence-electron chi connectivity index (χ2n) is 30.0. The molecule has 16 rings (SSSR count). The molecule has 0 atom stereocenters. The number of carboxylic acids is 2. The maximum absolute atomic E-state index is 12.9. The topological polar surface area (TPSA) is 157 Å². The molecule has 2 N–H and O–H groups in total. The first-order chi connectivity index (χ1) is 55.7. The van der Waals surface area contributed by atoms with E-state index in [2.05, 4.69) is 384 Å². The molecule has 6 aromatic heterocycles. The quantitative estimate of drug-likeness (QED) is 0.0899. The first-order valence-electron chi connectivity index (χ1n) is 38.7. The van der Waals surface area contributed by atoms with Crippen molar-refractivity contribution in [2.24, 2.45) is 21.1 Å². The molecule has 0 aliphatic carbocycles. The Labute approximate surface area is 678 Å². The SMILES string of the molecule is Cc1cc(/C=C\c2ccc3cc(N(C)C)ccc3[n+]2C)c(C)n1-c1ccccc1.Cc1cc(/C=C\c2ccc3cc(N(C)C)ccc3[n+]2C)c(C)n1-c1ccccc1.Cc1cc(/C=C\c2ccc3cc(N(C)C)ccc3[n+]2C)c(C)n1-c1ccccc1.O=C(O)c1cc2ccccc2c(Cc2c([O-])c(C(=O)O)cc3ccccc23)c1[O-]. The molecule has 0 saturated carbocycles. The van der Waals surface area contributed by atoms with Crippen LogP contribution in [0.3, 0.4) is 0 Å². The molecule has 0 saturated heterocycles. The Morgan fingerprint density at radius 2 is 0.612 bits per heavy atom. The van der Waals surface area contributed by atoms with Crippen molar-refractivity contribution in [2.75, 3.05) is 57.0 Å². The van der Waals surface area contributed by atoms with Crippen LogP contribution in [-0.4, -0.2) is 78.1 Å². The Bertz CT molecular complexity index is 5920. The Kier molecular flexibility index (Phi) is 23.8. The Morgan fingerprint density at radius 1 is 0.336 bits per heavy atom. The Balaban J connectivity index is 0.000000135. The second-order valence-corrected chi connectivity index (χ2v) is 30.0. The molecular weight excluding hydrogens is 1440 g/mol. The van der Waals surface area contributed by atoms with Gasteiger partial charge in [-0.3, -0.25) is 0 Å². The van der Waals surface area contributed by atoms with E-state index < -0.39 is 23.4 Å². The number of hydrogen-bond acceptors (Lipinski definition) is 7. The van der Waals surface area contributed by atoms with Crippen molar-refractivity contribution in [3.63, 3.8) is 0 Å². The maximum atomic E-state index is 12.9. The van der Waals surface area contributed by atoms with Crippen LogP contribution in [0.25, 0.3) is 108 Å². The number of rotatable bonds is 16. The van der Waals surface area contributed by atoms with Crippen molar-refractivity contribution in [1.82, 2.24) is 13.7 Å². The molecule has 0 unspecified atom stereocenters. The van der Waals surface area contributed by atoms with Gasteiger partial charge in [0, 0.05) is 181 Å². The highest BCUT2D eigenvalue weighted by molar-refractivity contribution is 6.02. The van der Waals surface area contributed by atoms with E-state index >= 15 is 0 Å². The zero-order chi connectivity index (χ0) is 82.3. The highest BCUT2D eigenvalue weighted by Crippen LogP contribution is 2.38. The van der Waals surface area contributed by atoms with Crippen molar-refractivity contribution >= 4 is 120 Å².